The number of rotatable bonds is 11. The summed E-state index contributed by atoms with van der Waals surface area (Å²) in [6.45, 7) is 14.1. The Balaban J connectivity index is 1.56. The van der Waals surface area contributed by atoms with Gasteiger partial charge in [-0.3, -0.25) is 4.90 Å². The zero-order valence-electron chi connectivity index (χ0n) is 20.7. The van der Waals surface area contributed by atoms with Gasteiger partial charge in [0, 0.05) is 50.1 Å². The van der Waals surface area contributed by atoms with Crippen LogP contribution in [0, 0.1) is 0 Å². The number of unbranched alkanes of at least 4 members (excludes halogenated alkanes) is 1. The van der Waals surface area contributed by atoms with E-state index in [1.807, 2.05) is 18.2 Å². The van der Waals surface area contributed by atoms with Crippen molar-refractivity contribution in [2.75, 3.05) is 39.3 Å². The molecule has 3 rings (SSSR count). The van der Waals surface area contributed by atoms with Crippen molar-refractivity contribution in [3.05, 3.63) is 59.0 Å². The van der Waals surface area contributed by atoms with E-state index in [1.165, 1.54) is 12.0 Å². The Morgan fingerprint density at radius 2 is 1.85 bits per heavy atom. The van der Waals surface area contributed by atoms with Crippen LogP contribution < -0.4 is 0 Å². The second-order valence-corrected chi connectivity index (χ2v) is 10.2. The van der Waals surface area contributed by atoms with Crippen LogP contribution in [-0.4, -0.2) is 59.8 Å². The first-order valence-corrected chi connectivity index (χ1v) is 13.3. The summed E-state index contributed by atoms with van der Waals surface area (Å²) in [5, 5.41) is 12.4. The maximum absolute atomic E-state index is 11.6. The summed E-state index contributed by atoms with van der Waals surface area (Å²) in [4.78, 5) is 4.94. The van der Waals surface area contributed by atoms with Gasteiger partial charge in [0.15, 0.2) is 0 Å². The van der Waals surface area contributed by atoms with Crippen molar-refractivity contribution in [2.24, 2.45) is 0 Å². The highest BCUT2D eigenvalue weighted by atomic mass is 35.5. The van der Waals surface area contributed by atoms with E-state index in [2.05, 4.69) is 42.4 Å². The number of piperazine rings is 1. The molecule has 1 aliphatic heterocycles. The number of ether oxygens (including phenoxy) is 1. The Hall–Kier alpha value is -1.33. The SMILES string of the molecule is C=C(CN1CCN(CC(c2cccc(Cl)c2)C2(O)CCCCC2)CC1)O/C(=C\CCC)CC. The van der Waals surface area contributed by atoms with Gasteiger partial charge in [0.05, 0.1) is 17.9 Å². The molecule has 0 bridgehead atoms. The molecular weight excluding hydrogens is 432 g/mol. The van der Waals surface area contributed by atoms with Crippen LogP contribution >= 0.6 is 11.6 Å². The Kier molecular flexibility index (Phi) is 10.3. The minimum absolute atomic E-state index is 0.0946. The van der Waals surface area contributed by atoms with Gasteiger partial charge in [-0.25, -0.2) is 0 Å². The standard InChI is InChI=1S/C28H43ClN2O2/c1-4-6-13-26(5-2)33-23(3)21-30-16-18-31(19-17-30)22-27(24-11-10-12-25(29)20-24)28(32)14-8-7-9-15-28/h10-13,20,27,32H,3-9,14-19,21-22H2,1-2H3/b26-13-. The van der Waals surface area contributed by atoms with Gasteiger partial charge in [0.1, 0.15) is 5.76 Å². The van der Waals surface area contributed by atoms with Gasteiger partial charge < -0.3 is 14.7 Å². The minimum Gasteiger partial charge on any atom is -0.466 e. The van der Waals surface area contributed by atoms with Crippen molar-refractivity contribution in [1.82, 2.24) is 9.80 Å². The number of allylic oxidation sites excluding steroid dienone is 2. The highest BCUT2D eigenvalue weighted by Crippen LogP contribution is 2.41. The topological polar surface area (TPSA) is 35.9 Å². The maximum atomic E-state index is 11.6. The van der Waals surface area contributed by atoms with Crippen LogP contribution in [0.3, 0.4) is 0 Å². The summed E-state index contributed by atoms with van der Waals surface area (Å²) in [6, 6.07) is 8.12. The molecule has 1 atom stereocenters. The number of benzene rings is 1. The van der Waals surface area contributed by atoms with Crippen LogP contribution in [0.1, 0.15) is 76.7 Å². The Bertz CT molecular complexity index is 780. The second kappa shape index (κ2) is 12.9. The lowest BCUT2D eigenvalue weighted by Crippen LogP contribution is -2.51. The van der Waals surface area contributed by atoms with Gasteiger partial charge >= 0.3 is 0 Å². The molecule has 0 aromatic heterocycles. The summed E-state index contributed by atoms with van der Waals surface area (Å²) >= 11 is 6.33. The minimum atomic E-state index is -0.635. The van der Waals surface area contributed by atoms with Gasteiger partial charge in [0.2, 0.25) is 0 Å². The van der Waals surface area contributed by atoms with E-state index in [0.29, 0.717) is 0 Å². The third kappa shape index (κ3) is 7.85. The average Bonchev–Trinajstić information content (AvgIpc) is 2.81. The first-order valence-electron chi connectivity index (χ1n) is 12.9. The van der Waals surface area contributed by atoms with Crippen LogP contribution in [0.4, 0.5) is 0 Å². The van der Waals surface area contributed by atoms with E-state index in [4.69, 9.17) is 16.3 Å². The zero-order valence-corrected chi connectivity index (χ0v) is 21.5. The van der Waals surface area contributed by atoms with Crippen molar-refractivity contribution in [2.45, 2.75) is 76.7 Å². The molecule has 5 heteroatoms. The van der Waals surface area contributed by atoms with Crippen LogP contribution in [0.5, 0.6) is 0 Å². The van der Waals surface area contributed by atoms with Crippen LogP contribution in [-0.2, 0) is 4.74 Å². The van der Waals surface area contributed by atoms with E-state index in [-0.39, 0.29) is 5.92 Å². The molecule has 1 heterocycles. The number of halogens is 1. The second-order valence-electron chi connectivity index (χ2n) is 9.80. The number of aliphatic hydroxyl groups is 1. The molecule has 0 radical (unpaired) electrons. The summed E-state index contributed by atoms with van der Waals surface area (Å²) in [5.74, 6) is 1.96. The van der Waals surface area contributed by atoms with Gasteiger partial charge in [-0.1, -0.05) is 69.8 Å². The molecule has 2 fully saturated rings. The lowest BCUT2D eigenvalue weighted by Gasteiger charge is -2.43. The van der Waals surface area contributed by atoms with Crippen LogP contribution in [0.15, 0.2) is 48.4 Å². The third-order valence-corrected chi connectivity index (χ3v) is 7.44. The molecule has 1 N–H and O–H groups in total. The first kappa shape index (κ1) is 26.3. The molecule has 0 spiro atoms. The van der Waals surface area contributed by atoms with Gasteiger partial charge in [0.25, 0.3) is 0 Å². The van der Waals surface area contributed by atoms with Crippen molar-refractivity contribution >= 4 is 11.6 Å². The molecular formula is C28H43ClN2O2. The molecule has 1 aromatic rings. The summed E-state index contributed by atoms with van der Waals surface area (Å²) in [5.41, 5.74) is 0.533. The molecule has 1 saturated carbocycles. The quantitative estimate of drug-likeness (QED) is 0.378. The highest BCUT2D eigenvalue weighted by Gasteiger charge is 2.40. The predicted octanol–water partition coefficient (Wildman–Crippen LogP) is 6.36. The normalized spacial score (nSPS) is 21.0. The van der Waals surface area contributed by atoms with Gasteiger partial charge in [-0.05, 0) is 43.0 Å². The number of hydrogen-bond acceptors (Lipinski definition) is 4. The average molecular weight is 475 g/mol. The molecule has 0 amide bonds. The van der Waals surface area contributed by atoms with Crippen molar-refractivity contribution < 1.29 is 9.84 Å². The Morgan fingerprint density at radius 3 is 2.48 bits per heavy atom. The zero-order chi connectivity index (χ0) is 23.7. The molecule has 33 heavy (non-hydrogen) atoms. The lowest BCUT2D eigenvalue weighted by molar-refractivity contribution is -0.0342. The highest BCUT2D eigenvalue weighted by molar-refractivity contribution is 6.30. The lowest BCUT2D eigenvalue weighted by atomic mass is 9.72. The molecule has 1 aliphatic carbocycles. The molecule has 1 saturated heterocycles. The summed E-state index contributed by atoms with van der Waals surface area (Å²) in [7, 11) is 0. The molecule has 2 aliphatic rings. The van der Waals surface area contributed by atoms with E-state index >= 15 is 0 Å². The largest absolute Gasteiger partial charge is 0.466 e. The number of nitrogens with zero attached hydrogens (tertiary/aromatic N) is 2. The van der Waals surface area contributed by atoms with Gasteiger partial charge in [-0.15, -0.1) is 0 Å². The molecule has 1 unspecified atom stereocenters. The summed E-state index contributed by atoms with van der Waals surface area (Å²) < 4.78 is 6.02. The predicted molar refractivity (Wildman–Crippen MR) is 139 cm³/mol. The number of hydrogen-bond donors (Lipinski definition) is 1. The van der Waals surface area contributed by atoms with Crippen LogP contribution in [0.25, 0.3) is 0 Å². The fraction of sp³-hybridized carbons (Fsp3) is 0.643. The Labute approximate surface area is 206 Å². The van der Waals surface area contributed by atoms with E-state index in [0.717, 1.165) is 101 Å². The molecule has 4 nitrogen and oxygen atoms in total. The molecule has 184 valence electrons. The fourth-order valence-electron chi connectivity index (χ4n) is 5.24. The van der Waals surface area contributed by atoms with E-state index in [9.17, 15) is 5.11 Å². The molecule has 1 aromatic carbocycles. The summed E-state index contributed by atoms with van der Waals surface area (Å²) in [6.07, 6.45) is 10.5. The fourth-order valence-corrected chi connectivity index (χ4v) is 5.44. The first-order chi connectivity index (χ1) is 15.9. The van der Waals surface area contributed by atoms with Crippen molar-refractivity contribution in [3.63, 3.8) is 0 Å². The van der Waals surface area contributed by atoms with E-state index < -0.39 is 5.60 Å². The smallest absolute Gasteiger partial charge is 0.110 e. The Morgan fingerprint density at radius 1 is 1.15 bits per heavy atom. The van der Waals surface area contributed by atoms with Crippen LogP contribution in [0.2, 0.25) is 5.02 Å². The monoisotopic (exact) mass is 474 g/mol. The van der Waals surface area contributed by atoms with Gasteiger partial charge in [-0.2, -0.15) is 0 Å². The van der Waals surface area contributed by atoms with Crippen molar-refractivity contribution in [1.29, 1.82) is 0 Å². The van der Waals surface area contributed by atoms with Crippen molar-refractivity contribution in [3.8, 4) is 0 Å². The maximum Gasteiger partial charge on any atom is 0.110 e. The third-order valence-electron chi connectivity index (χ3n) is 7.21. The van der Waals surface area contributed by atoms with E-state index in [1.54, 1.807) is 0 Å².